The molecule has 0 spiro atoms. The van der Waals surface area contributed by atoms with Crippen molar-refractivity contribution in [2.75, 3.05) is 5.32 Å². The Hall–Kier alpha value is -2.19. The van der Waals surface area contributed by atoms with E-state index in [1.165, 1.54) is 22.5 Å². The van der Waals surface area contributed by atoms with Gasteiger partial charge in [0, 0.05) is 17.5 Å². The molecule has 96 valence electrons. The highest BCUT2D eigenvalue weighted by Crippen LogP contribution is 2.21. The van der Waals surface area contributed by atoms with Crippen LogP contribution in [0.2, 0.25) is 0 Å². The molecule has 0 aliphatic carbocycles. The summed E-state index contributed by atoms with van der Waals surface area (Å²) in [6.07, 6.45) is 2.41. The maximum atomic E-state index is 11.3. The Morgan fingerprint density at radius 1 is 1.53 bits per heavy atom. The number of hydrogen-bond acceptors (Lipinski definition) is 4. The molecule has 1 N–H and O–H groups in total. The monoisotopic (exact) mass is 271 g/mol. The van der Waals surface area contributed by atoms with Crippen molar-refractivity contribution < 1.29 is 4.79 Å². The first-order chi connectivity index (χ1) is 9.17. The molecule has 0 aliphatic heterocycles. The quantitative estimate of drug-likeness (QED) is 0.929. The SMILES string of the molecule is Cc1cccc(Cc2cnc(NC(=O)CC#N)s2)c1. The van der Waals surface area contributed by atoms with Crippen molar-refractivity contribution in [1.29, 1.82) is 5.26 Å². The normalized spacial score (nSPS) is 9.89. The predicted molar refractivity (Wildman–Crippen MR) is 75.0 cm³/mol. The minimum absolute atomic E-state index is 0.146. The first-order valence-corrected chi connectivity index (χ1v) is 6.66. The Labute approximate surface area is 115 Å². The number of anilines is 1. The van der Waals surface area contributed by atoms with Crippen LogP contribution in [0, 0.1) is 18.3 Å². The summed E-state index contributed by atoms with van der Waals surface area (Å²) in [7, 11) is 0. The summed E-state index contributed by atoms with van der Waals surface area (Å²) in [5.74, 6) is -0.320. The number of carbonyl (C=O) groups is 1. The summed E-state index contributed by atoms with van der Waals surface area (Å²) in [6, 6.07) is 10.1. The number of carbonyl (C=O) groups excluding carboxylic acids is 1. The number of thiazole rings is 1. The van der Waals surface area contributed by atoms with Crippen LogP contribution in [0.25, 0.3) is 0 Å². The lowest BCUT2D eigenvalue weighted by atomic mass is 10.1. The molecule has 0 aliphatic rings. The zero-order valence-electron chi connectivity index (χ0n) is 10.5. The van der Waals surface area contributed by atoms with Gasteiger partial charge in [-0.3, -0.25) is 4.79 Å². The highest BCUT2D eigenvalue weighted by atomic mass is 32.1. The molecule has 4 nitrogen and oxygen atoms in total. The highest BCUT2D eigenvalue weighted by molar-refractivity contribution is 7.15. The number of rotatable bonds is 4. The molecule has 0 radical (unpaired) electrons. The van der Waals surface area contributed by atoms with Crippen LogP contribution in [0.3, 0.4) is 0 Å². The third-order valence-electron chi connectivity index (χ3n) is 2.50. The van der Waals surface area contributed by atoms with Crippen LogP contribution in [0.1, 0.15) is 22.4 Å². The van der Waals surface area contributed by atoms with Crippen LogP contribution < -0.4 is 5.32 Å². The largest absolute Gasteiger partial charge is 0.301 e. The number of benzene rings is 1. The van der Waals surface area contributed by atoms with Crippen LogP contribution >= 0.6 is 11.3 Å². The number of nitrogens with one attached hydrogen (secondary N) is 1. The summed E-state index contributed by atoms with van der Waals surface area (Å²) in [5, 5.41) is 11.6. The van der Waals surface area contributed by atoms with E-state index in [4.69, 9.17) is 5.26 Å². The predicted octanol–water partition coefficient (Wildman–Crippen LogP) is 2.89. The van der Waals surface area contributed by atoms with E-state index in [1.54, 1.807) is 12.3 Å². The maximum absolute atomic E-state index is 11.3. The van der Waals surface area contributed by atoms with Gasteiger partial charge in [-0.25, -0.2) is 4.98 Å². The molecule has 1 amide bonds. The van der Waals surface area contributed by atoms with E-state index in [2.05, 4.69) is 35.4 Å². The molecule has 0 saturated carbocycles. The van der Waals surface area contributed by atoms with E-state index in [-0.39, 0.29) is 12.3 Å². The Morgan fingerprint density at radius 2 is 2.37 bits per heavy atom. The number of amides is 1. The molecule has 2 rings (SSSR count). The van der Waals surface area contributed by atoms with E-state index in [1.807, 2.05) is 6.07 Å². The van der Waals surface area contributed by atoms with Gasteiger partial charge in [0.05, 0.1) is 6.07 Å². The van der Waals surface area contributed by atoms with Crippen LogP contribution in [-0.4, -0.2) is 10.9 Å². The topological polar surface area (TPSA) is 65.8 Å². The highest BCUT2D eigenvalue weighted by Gasteiger charge is 2.06. The molecule has 1 aromatic carbocycles. The van der Waals surface area contributed by atoms with E-state index in [9.17, 15) is 4.79 Å². The molecule has 19 heavy (non-hydrogen) atoms. The molecule has 0 fully saturated rings. The van der Waals surface area contributed by atoms with Crippen molar-refractivity contribution in [1.82, 2.24) is 4.98 Å². The van der Waals surface area contributed by atoms with Gasteiger partial charge in [0.1, 0.15) is 6.42 Å². The molecule has 2 aromatic rings. The van der Waals surface area contributed by atoms with Gasteiger partial charge in [-0.2, -0.15) is 5.26 Å². The molecule has 0 bridgehead atoms. The Kier molecular flexibility index (Phi) is 4.26. The second-order valence-electron chi connectivity index (χ2n) is 4.18. The first kappa shape index (κ1) is 13.2. The summed E-state index contributed by atoms with van der Waals surface area (Å²) in [6.45, 7) is 2.06. The second-order valence-corrected chi connectivity index (χ2v) is 5.30. The van der Waals surface area contributed by atoms with Gasteiger partial charge in [-0.05, 0) is 12.5 Å². The smallest absolute Gasteiger partial charge is 0.240 e. The van der Waals surface area contributed by atoms with Gasteiger partial charge in [-0.1, -0.05) is 29.8 Å². The van der Waals surface area contributed by atoms with E-state index in [0.29, 0.717) is 5.13 Å². The van der Waals surface area contributed by atoms with Crippen molar-refractivity contribution in [2.45, 2.75) is 19.8 Å². The van der Waals surface area contributed by atoms with Gasteiger partial charge >= 0.3 is 0 Å². The van der Waals surface area contributed by atoms with Crippen molar-refractivity contribution in [3.8, 4) is 6.07 Å². The number of nitriles is 1. The second kappa shape index (κ2) is 6.12. The average Bonchev–Trinajstić information content (AvgIpc) is 2.76. The molecule has 0 saturated heterocycles. The molecular weight excluding hydrogens is 258 g/mol. The molecule has 0 atom stereocenters. The Morgan fingerprint density at radius 3 is 3.11 bits per heavy atom. The van der Waals surface area contributed by atoms with Crippen molar-refractivity contribution in [3.05, 3.63) is 46.5 Å². The number of nitrogens with zero attached hydrogens (tertiary/aromatic N) is 2. The zero-order chi connectivity index (χ0) is 13.7. The van der Waals surface area contributed by atoms with Crippen LogP contribution in [-0.2, 0) is 11.2 Å². The lowest BCUT2D eigenvalue weighted by Gasteiger charge is -1.99. The minimum Gasteiger partial charge on any atom is -0.301 e. The molecule has 0 unspecified atom stereocenters. The maximum Gasteiger partial charge on any atom is 0.240 e. The third-order valence-corrected chi connectivity index (χ3v) is 3.41. The van der Waals surface area contributed by atoms with Crippen LogP contribution in [0.4, 0.5) is 5.13 Å². The molecule has 5 heteroatoms. The lowest BCUT2D eigenvalue weighted by molar-refractivity contribution is -0.115. The minimum atomic E-state index is -0.320. The Bertz CT molecular complexity index is 628. The van der Waals surface area contributed by atoms with Crippen molar-refractivity contribution in [2.24, 2.45) is 0 Å². The van der Waals surface area contributed by atoms with Crippen molar-refractivity contribution in [3.63, 3.8) is 0 Å². The van der Waals surface area contributed by atoms with Gasteiger partial charge in [0.25, 0.3) is 0 Å². The van der Waals surface area contributed by atoms with Crippen molar-refractivity contribution >= 4 is 22.4 Å². The van der Waals surface area contributed by atoms with E-state index >= 15 is 0 Å². The number of aryl methyl sites for hydroxylation is 1. The van der Waals surface area contributed by atoms with Crippen LogP contribution in [0.5, 0.6) is 0 Å². The fourth-order valence-corrected chi connectivity index (χ4v) is 2.57. The lowest BCUT2D eigenvalue weighted by Crippen LogP contribution is -2.09. The summed E-state index contributed by atoms with van der Waals surface area (Å²) in [4.78, 5) is 16.5. The summed E-state index contributed by atoms with van der Waals surface area (Å²) in [5.41, 5.74) is 2.45. The fourth-order valence-electron chi connectivity index (χ4n) is 1.71. The van der Waals surface area contributed by atoms with Gasteiger partial charge in [0.15, 0.2) is 5.13 Å². The van der Waals surface area contributed by atoms with E-state index in [0.717, 1.165) is 11.3 Å². The number of hydrogen-bond donors (Lipinski definition) is 1. The standard InChI is InChI=1S/C14H13N3OS/c1-10-3-2-4-11(7-10)8-12-9-16-14(19-12)17-13(18)5-6-15/h2-4,7,9H,5,8H2,1H3,(H,16,17,18). The molecule has 1 heterocycles. The van der Waals surface area contributed by atoms with Gasteiger partial charge in [-0.15, -0.1) is 11.3 Å². The Balaban J connectivity index is 2.01. The van der Waals surface area contributed by atoms with Crippen LogP contribution in [0.15, 0.2) is 30.5 Å². The zero-order valence-corrected chi connectivity index (χ0v) is 11.3. The fraction of sp³-hybridized carbons (Fsp3) is 0.214. The average molecular weight is 271 g/mol. The first-order valence-electron chi connectivity index (χ1n) is 5.84. The molecule has 1 aromatic heterocycles. The van der Waals surface area contributed by atoms with Gasteiger partial charge < -0.3 is 5.32 Å². The third kappa shape index (κ3) is 3.90. The summed E-state index contributed by atoms with van der Waals surface area (Å²) < 4.78 is 0. The summed E-state index contributed by atoms with van der Waals surface area (Å²) >= 11 is 1.44. The number of aromatic nitrogens is 1. The van der Waals surface area contributed by atoms with E-state index < -0.39 is 0 Å². The van der Waals surface area contributed by atoms with Gasteiger partial charge in [0.2, 0.25) is 5.91 Å². The molecular formula is C14H13N3OS.